The number of carbonyl (C=O) groups excluding carboxylic acids is 3. The second kappa shape index (κ2) is 10.5. The average molecular weight is 414 g/mol. The number of amides is 1. The number of likely N-dealkylation sites (tertiary alicyclic amines) is 1. The van der Waals surface area contributed by atoms with Crippen LogP contribution in [0.5, 0.6) is 0 Å². The molecular formula is C22H26N2O6. The van der Waals surface area contributed by atoms with Crippen LogP contribution in [0.1, 0.15) is 35.9 Å². The Morgan fingerprint density at radius 3 is 2.57 bits per heavy atom. The van der Waals surface area contributed by atoms with Crippen molar-refractivity contribution >= 4 is 23.5 Å². The summed E-state index contributed by atoms with van der Waals surface area (Å²) in [6.07, 6.45) is 2.69. The summed E-state index contributed by atoms with van der Waals surface area (Å²) in [6, 6.07) is 10.6. The van der Waals surface area contributed by atoms with Crippen LogP contribution in [0.4, 0.5) is 5.69 Å². The Kier molecular flexibility index (Phi) is 7.48. The molecule has 160 valence electrons. The zero-order chi connectivity index (χ0) is 21.3. The van der Waals surface area contributed by atoms with Gasteiger partial charge in [0.2, 0.25) is 0 Å². The lowest BCUT2D eigenvalue weighted by atomic mass is 9.97. The van der Waals surface area contributed by atoms with Gasteiger partial charge in [0.05, 0.1) is 30.9 Å². The predicted octanol–water partition coefficient (Wildman–Crippen LogP) is 2.85. The Hall–Kier alpha value is -3.29. The second-order valence-electron chi connectivity index (χ2n) is 6.96. The molecule has 0 radical (unpaired) electrons. The van der Waals surface area contributed by atoms with Crippen LogP contribution in [-0.2, 0) is 25.6 Å². The number of piperidine rings is 1. The molecule has 1 aromatic carbocycles. The first kappa shape index (κ1) is 21.4. The number of carbonyl (C=O) groups is 3. The monoisotopic (exact) mass is 414 g/mol. The zero-order valence-corrected chi connectivity index (χ0v) is 17.0. The lowest BCUT2D eigenvalue weighted by Gasteiger charge is -2.30. The molecule has 0 aliphatic carbocycles. The molecule has 3 rings (SSSR count). The van der Waals surface area contributed by atoms with Crippen molar-refractivity contribution in [2.45, 2.75) is 26.3 Å². The first-order chi connectivity index (χ1) is 14.6. The summed E-state index contributed by atoms with van der Waals surface area (Å²) in [5, 5.41) is 3.14. The third-order valence-corrected chi connectivity index (χ3v) is 4.97. The number of anilines is 1. The Morgan fingerprint density at radius 1 is 1.10 bits per heavy atom. The number of benzene rings is 1. The molecule has 1 N–H and O–H groups in total. The number of esters is 2. The summed E-state index contributed by atoms with van der Waals surface area (Å²) in [4.78, 5) is 38.3. The van der Waals surface area contributed by atoms with Crippen molar-refractivity contribution in [1.29, 1.82) is 0 Å². The van der Waals surface area contributed by atoms with E-state index >= 15 is 0 Å². The van der Waals surface area contributed by atoms with Crippen LogP contribution in [0.3, 0.4) is 0 Å². The van der Waals surface area contributed by atoms with E-state index < -0.39 is 5.97 Å². The number of furan rings is 1. The Balaban J connectivity index is 1.49. The van der Waals surface area contributed by atoms with E-state index in [9.17, 15) is 14.4 Å². The first-order valence-electron chi connectivity index (χ1n) is 10.0. The molecular weight excluding hydrogens is 388 g/mol. The van der Waals surface area contributed by atoms with Crippen LogP contribution in [0.15, 0.2) is 47.1 Å². The average Bonchev–Trinajstić information content (AvgIpc) is 3.30. The van der Waals surface area contributed by atoms with Gasteiger partial charge in [-0.2, -0.15) is 0 Å². The second-order valence-corrected chi connectivity index (χ2v) is 6.96. The molecule has 0 unspecified atom stereocenters. The van der Waals surface area contributed by atoms with Crippen molar-refractivity contribution in [3.05, 3.63) is 54.0 Å². The van der Waals surface area contributed by atoms with Crippen molar-refractivity contribution in [3.8, 4) is 0 Å². The van der Waals surface area contributed by atoms with Gasteiger partial charge in [0.1, 0.15) is 5.76 Å². The summed E-state index contributed by atoms with van der Waals surface area (Å²) in [5.74, 6) is -0.503. The number of para-hydroxylation sites is 1. The van der Waals surface area contributed by atoms with Crippen molar-refractivity contribution < 1.29 is 28.3 Å². The van der Waals surface area contributed by atoms with E-state index in [0.29, 0.717) is 50.3 Å². The predicted molar refractivity (Wildman–Crippen MR) is 109 cm³/mol. The van der Waals surface area contributed by atoms with Crippen LogP contribution in [0.2, 0.25) is 0 Å². The number of rotatable bonds is 8. The topological polar surface area (TPSA) is 98.1 Å². The van der Waals surface area contributed by atoms with Crippen LogP contribution < -0.4 is 5.32 Å². The quantitative estimate of drug-likeness (QED) is 0.663. The fourth-order valence-corrected chi connectivity index (χ4v) is 3.33. The summed E-state index contributed by atoms with van der Waals surface area (Å²) < 4.78 is 15.6. The van der Waals surface area contributed by atoms with Gasteiger partial charge >= 0.3 is 11.9 Å². The summed E-state index contributed by atoms with van der Waals surface area (Å²) >= 11 is 0. The summed E-state index contributed by atoms with van der Waals surface area (Å²) in [7, 11) is 0. The fourth-order valence-electron chi connectivity index (χ4n) is 3.33. The van der Waals surface area contributed by atoms with Gasteiger partial charge in [-0.25, -0.2) is 4.79 Å². The van der Waals surface area contributed by atoms with Gasteiger partial charge in [-0.3, -0.25) is 9.59 Å². The SMILES string of the molecule is CCOC(=O)C1CCN(C(=O)COC(=O)c2ccccc2NCc2ccco2)CC1. The molecule has 8 heteroatoms. The van der Waals surface area contributed by atoms with E-state index in [1.165, 1.54) is 0 Å². The largest absolute Gasteiger partial charge is 0.467 e. The molecule has 0 atom stereocenters. The van der Waals surface area contributed by atoms with Gasteiger partial charge in [-0.15, -0.1) is 0 Å². The Morgan fingerprint density at radius 2 is 1.87 bits per heavy atom. The Labute approximate surface area is 175 Å². The lowest BCUT2D eigenvalue weighted by Crippen LogP contribution is -2.42. The molecule has 1 fully saturated rings. The summed E-state index contributed by atoms with van der Waals surface area (Å²) in [6.45, 7) is 3.10. The van der Waals surface area contributed by atoms with E-state index in [0.717, 1.165) is 5.76 Å². The minimum Gasteiger partial charge on any atom is -0.467 e. The maximum absolute atomic E-state index is 12.5. The highest BCUT2D eigenvalue weighted by Gasteiger charge is 2.28. The number of hydrogen-bond donors (Lipinski definition) is 1. The van der Waals surface area contributed by atoms with E-state index in [-0.39, 0.29) is 24.4 Å². The normalized spacial score (nSPS) is 14.2. The number of ether oxygens (including phenoxy) is 2. The number of nitrogens with one attached hydrogen (secondary N) is 1. The molecule has 0 spiro atoms. The number of nitrogens with zero attached hydrogens (tertiary/aromatic N) is 1. The van der Waals surface area contributed by atoms with Crippen LogP contribution in [0.25, 0.3) is 0 Å². The lowest BCUT2D eigenvalue weighted by molar-refractivity contribution is -0.151. The molecule has 8 nitrogen and oxygen atoms in total. The Bertz CT molecular complexity index is 856. The summed E-state index contributed by atoms with van der Waals surface area (Å²) in [5.41, 5.74) is 0.944. The van der Waals surface area contributed by atoms with E-state index in [1.54, 1.807) is 48.4 Å². The van der Waals surface area contributed by atoms with Crippen LogP contribution in [0, 0.1) is 5.92 Å². The van der Waals surface area contributed by atoms with E-state index in [1.807, 2.05) is 6.07 Å². The van der Waals surface area contributed by atoms with Gasteiger partial charge in [0, 0.05) is 18.8 Å². The maximum Gasteiger partial charge on any atom is 0.340 e. The molecule has 1 saturated heterocycles. The van der Waals surface area contributed by atoms with E-state index in [2.05, 4.69) is 5.32 Å². The highest BCUT2D eigenvalue weighted by atomic mass is 16.5. The molecule has 30 heavy (non-hydrogen) atoms. The van der Waals surface area contributed by atoms with Crippen molar-refractivity contribution in [2.75, 3.05) is 31.6 Å². The smallest absolute Gasteiger partial charge is 0.340 e. The van der Waals surface area contributed by atoms with Gasteiger partial charge < -0.3 is 24.1 Å². The van der Waals surface area contributed by atoms with Gasteiger partial charge in [-0.1, -0.05) is 12.1 Å². The highest BCUT2D eigenvalue weighted by Crippen LogP contribution is 2.20. The van der Waals surface area contributed by atoms with Crippen LogP contribution in [-0.4, -0.2) is 49.0 Å². The molecule has 1 aromatic heterocycles. The maximum atomic E-state index is 12.5. The van der Waals surface area contributed by atoms with Gasteiger partial charge in [0.15, 0.2) is 6.61 Å². The minimum absolute atomic E-state index is 0.177. The standard InChI is InChI=1S/C22H26N2O6/c1-2-28-21(26)16-9-11-24(12-10-16)20(25)15-30-22(27)18-7-3-4-8-19(18)23-14-17-6-5-13-29-17/h3-8,13,16,23H,2,9-12,14-15H2,1H3. The number of hydrogen-bond acceptors (Lipinski definition) is 7. The molecule has 2 heterocycles. The highest BCUT2D eigenvalue weighted by molar-refractivity contribution is 5.96. The fraction of sp³-hybridized carbons (Fsp3) is 0.409. The molecule has 1 aliphatic rings. The molecule has 0 bridgehead atoms. The molecule has 2 aromatic rings. The van der Waals surface area contributed by atoms with Gasteiger partial charge in [-0.05, 0) is 44.0 Å². The minimum atomic E-state index is -0.577. The van der Waals surface area contributed by atoms with Crippen molar-refractivity contribution in [1.82, 2.24) is 4.90 Å². The zero-order valence-electron chi connectivity index (χ0n) is 17.0. The third kappa shape index (κ3) is 5.62. The van der Waals surface area contributed by atoms with Gasteiger partial charge in [0.25, 0.3) is 5.91 Å². The van der Waals surface area contributed by atoms with Crippen molar-refractivity contribution in [3.63, 3.8) is 0 Å². The van der Waals surface area contributed by atoms with Crippen molar-refractivity contribution in [2.24, 2.45) is 5.92 Å². The molecule has 1 amide bonds. The van der Waals surface area contributed by atoms with E-state index in [4.69, 9.17) is 13.9 Å². The third-order valence-electron chi connectivity index (χ3n) is 4.97. The van der Waals surface area contributed by atoms with Crippen LogP contribution >= 0.6 is 0 Å². The molecule has 0 saturated carbocycles. The first-order valence-corrected chi connectivity index (χ1v) is 10.0. The molecule has 1 aliphatic heterocycles.